The Morgan fingerprint density at radius 3 is 2.16 bits per heavy atom. The highest BCUT2D eigenvalue weighted by Crippen LogP contribution is 2.12. The van der Waals surface area contributed by atoms with Crippen molar-refractivity contribution in [3.8, 4) is 0 Å². The molecule has 1 heterocycles. The molecule has 0 saturated carbocycles. The number of nitrogens with zero attached hydrogens (tertiary/aromatic N) is 1. The van der Waals surface area contributed by atoms with Crippen LogP contribution in [0.15, 0.2) is 59.5 Å². The van der Waals surface area contributed by atoms with E-state index in [4.69, 9.17) is 0 Å². The van der Waals surface area contributed by atoms with Crippen molar-refractivity contribution >= 4 is 22.0 Å². The van der Waals surface area contributed by atoms with Crippen LogP contribution in [0.1, 0.15) is 41.6 Å². The van der Waals surface area contributed by atoms with Gasteiger partial charge in [-0.05, 0) is 49.1 Å². The molecule has 0 aliphatic carbocycles. The first-order chi connectivity index (χ1) is 14.9. The molecule has 166 valence electrons. The Labute approximate surface area is 183 Å². The maximum absolute atomic E-state index is 12.5. The predicted molar refractivity (Wildman–Crippen MR) is 118 cm³/mol. The van der Waals surface area contributed by atoms with Crippen LogP contribution in [0.25, 0.3) is 0 Å². The van der Waals surface area contributed by atoms with E-state index >= 15 is 0 Å². The van der Waals surface area contributed by atoms with E-state index < -0.39 is 16.1 Å². The van der Waals surface area contributed by atoms with Crippen LogP contribution in [0.4, 0.5) is 4.79 Å². The number of carbonyl (C=O) groups excluding carboxylic acids is 2. The highest BCUT2D eigenvalue weighted by atomic mass is 32.2. The summed E-state index contributed by atoms with van der Waals surface area (Å²) in [7, 11) is -3.96. The topological polar surface area (TPSA) is 108 Å². The average Bonchev–Trinajstić information content (AvgIpc) is 3.03. The summed E-state index contributed by atoms with van der Waals surface area (Å²) in [4.78, 5) is 24.2. The Balaban J connectivity index is 1.48. The quantitative estimate of drug-likeness (QED) is 0.608. The molecule has 9 heteroatoms. The first-order valence-corrected chi connectivity index (χ1v) is 11.9. The van der Waals surface area contributed by atoms with E-state index in [1.165, 1.54) is 12.1 Å². The molecule has 2 aromatic carbocycles. The maximum atomic E-state index is 12.5. The molecule has 0 unspecified atom stereocenters. The van der Waals surface area contributed by atoms with Crippen molar-refractivity contribution in [2.24, 2.45) is 0 Å². The molecule has 0 aromatic heterocycles. The molecule has 3 N–H and O–H groups in total. The summed E-state index contributed by atoms with van der Waals surface area (Å²) >= 11 is 0. The first-order valence-electron chi connectivity index (χ1n) is 10.4. The lowest BCUT2D eigenvalue weighted by Gasteiger charge is -2.20. The second-order valence-electron chi connectivity index (χ2n) is 7.46. The van der Waals surface area contributed by atoms with E-state index in [0.717, 1.165) is 31.2 Å². The number of amides is 3. The normalized spacial score (nSPS) is 15.0. The fourth-order valence-corrected chi connectivity index (χ4v) is 4.28. The second-order valence-corrected chi connectivity index (χ2v) is 9.15. The van der Waals surface area contributed by atoms with Gasteiger partial charge in [-0.25, -0.2) is 22.9 Å². The van der Waals surface area contributed by atoms with Gasteiger partial charge in [0.05, 0.1) is 4.90 Å². The molecular weight excluding hydrogens is 416 g/mol. The van der Waals surface area contributed by atoms with E-state index in [1.807, 2.05) is 6.07 Å². The molecule has 8 nitrogen and oxygen atoms in total. The van der Waals surface area contributed by atoms with Crippen LogP contribution in [0, 0.1) is 0 Å². The molecule has 0 spiro atoms. The van der Waals surface area contributed by atoms with Crippen molar-refractivity contribution < 1.29 is 18.0 Å². The zero-order chi connectivity index (χ0) is 22.1. The molecule has 1 aliphatic heterocycles. The lowest BCUT2D eigenvalue weighted by Crippen LogP contribution is -2.49. The third-order valence-electron chi connectivity index (χ3n) is 5.06. The number of hydrazine groups is 1. The minimum atomic E-state index is -3.96. The van der Waals surface area contributed by atoms with Gasteiger partial charge >= 0.3 is 6.03 Å². The van der Waals surface area contributed by atoms with E-state index in [1.54, 1.807) is 41.4 Å². The smallest absolute Gasteiger partial charge is 0.343 e. The van der Waals surface area contributed by atoms with Crippen molar-refractivity contribution in [1.82, 2.24) is 20.5 Å². The minimum absolute atomic E-state index is 0.00980. The van der Waals surface area contributed by atoms with Crippen LogP contribution < -0.4 is 15.5 Å². The van der Waals surface area contributed by atoms with E-state index in [0.29, 0.717) is 31.6 Å². The van der Waals surface area contributed by atoms with Crippen LogP contribution in [0.5, 0.6) is 0 Å². The lowest BCUT2D eigenvalue weighted by molar-refractivity contribution is 0.0954. The summed E-state index contributed by atoms with van der Waals surface area (Å²) in [5.41, 5.74) is 4.08. The van der Waals surface area contributed by atoms with Crippen LogP contribution in [-0.2, 0) is 16.4 Å². The van der Waals surface area contributed by atoms with Gasteiger partial charge in [-0.1, -0.05) is 43.2 Å². The Bertz CT molecular complexity index is 970. The number of carbonyl (C=O) groups is 2. The zero-order valence-electron chi connectivity index (χ0n) is 17.3. The molecule has 0 bridgehead atoms. The largest absolute Gasteiger partial charge is 0.352 e. The van der Waals surface area contributed by atoms with Crippen molar-refractivity contribution in [3.63, 3.8) is 0 Å². The third-order valence-corrected chi connectivity index (χ3v) is 6.41. The molecule has 0 atom stereocenters. The molecular formula is C22H28N4O4S. The molecule has 1 aliphatic rings. The fourth-order valence-electron chi connectivity index (χ4n) is 3.38. The average molecular weight is 445 g/mol. The Hall–Kier alpha value is -2.91. The van der Waals surface area contributed by atoms with E-state index in [2.05, 4.69) is 15.5 Å². The van der Waals surface area contributed by atoms with Crippen molar-refractivity contribution in [3.05, 3.63) is 65.7 Å². The van der Waals surface area contributed by atoms with Crippen molar-refractivity contribution in [2.45, 2.75) is 37.0 Å². The molecule has 3 rings (SSSR count). The second kappa shape index (κ2) is 10.9. The Morgan fingerprint density at radius 2 is 1.52 bits per heavy atom. The van der Waals surface area contributed by atoms with Crippen LogP contribution >= 0.6 is 0 Å². The van der Waals surface area contributed by atoms with Gasteiger partial charge in [-0.15, -0.1) is 0 Å². The SMILES string of the molecule is O=C(NN1CCCCCC1)NS(=O)(=O)c1ccc(CCNC(=O)c2ccccc2)cc1. The summed E-state index contributed by atoms with van der Waals surface area (Å²) in [6.07, 6.45) is 4.73. The highest BCUT2D eigenvalue weighted by molar-refractivity contribution is 7.90. The van der Waals surface area contributed by atoms with Gasteiger partial charge in [0, 0.05) is 25.2 Å². The van der Waals surface area contributed by atoms with Gasteiger partial charge in [0.25, 0.3) is 15.9 Å². The van der Waals surface area contributed by atoms with Crippen molar-refractivity contribution in [1.29, 1.82) is 0 Å². The van der Waals surface area contributed by atoms with E-state index in [9.17, 15) is 18.0 Å². The molecule has 31 heavy (non-hydrogen) atoms. The number of rotatable bonds is 7. The molecule has 3 amide bonds. The van der Waals surface area contributed by atoms with Crippen molar-refractivity contribution in [2.75, 3.05) is 19.6 Å². The molecule has 2 aromatic rings. The zero-order valence-corrected chi connectivity index (χ0v) is 18.2. The van der Waals surface area contributed by atoms with Crippen LogP contribution in [0.3, 0.4) is 0 Å². The number of nitrogens with one attached hydrogen (secondary N) is 3. The van der Waals surface area contributed by atoms with Gasteiger partial charge in [0.1, 0.15) is 0 Å². The minimum Gasteiger partial charge on any atom is -0.352 e. The summed E-state index contributed by atoms with van der Waals surface area (Å²) in [6, 6.07) is 14.4. The van der Waals surface area contributed by atoms with Gasteiger partial charge < -0.3 is 5.32 Å². The number of benzene rings is 2. The summed E-state index contributed by atoms with van der Waals surface area (Å²) < 4.78 is 27.0. The number of hydrogen-bond acceptors (Lipinski definition) is 5. The van der Waals surface area contributed by atoms with Gasteiger partial charge in [0.2, 0.25) is 0 Å². The van der Waals surface area contributed by atoms with Gasteiger partial charge in [-0.3, -0.25) is 10.2 Å². The summed E-state index contributed by atoms with van der Waals surface area (Å²) in [5.74, 6) is -0.153. The highest BCUT2D eigenvalue weighted by Gasteiger charge is 2.19. The van der Waals surface area contributed by atoms with Crippen LogP contribution in [0.2, 0.25) is 0 Å². The fraction of sp³-hybridized carbons (Fsp3) is 0.364. The maximum Gasteiger partial charge on any atom is 0.343 e. The third kappa shape index (κ3) is 7.08. The Kier molecular flexibility index (Phi) is 8.02. The molecule has 1 saturated heterocycles. The number of sulfonamides is 1. The summed E-state index contributed by atoms with van der Waals surface area (Å²) in [6.45, 7) is 1.85. The number of urea groups is 1. The Morgan fingerprint density at radius 1 is 0.871 bits per heavy atom. The van der Waals surface area contributed by atoms with Gasteiger partial charge in [-0.2, -0.15) is 0 Å². The first kappa shape index (κ1) is 22.8. The number of hydrogen-bond donors (Lipinski definition) is 3. The molecule has 0 radical (unpaired) electrons. The predicted octanol–water partition coefficient (Wildman–Crippen LogP) is 2.44. The monoisotopic (exact) mass is 444 g/mol. The van der Waals surface area contributed by atoms with Crippen LogP contribution in [-0.4, -0.2) is 45.0 Å². The van der Waals surface area contributed by atoms with Gasteiger partial charge in [0.15, 0.2) is 0 Å². The molecule has 1 fully saturated rings. The summed E-state index contributed by atoms with van der Waals surface area (Å²) in [5, 5.41) is 4.59. The standard InChI is InChI=1S/C22H28N4O4S/c27-21(19-8-4-3-5-9-19)23-15-14-18-10-12-20(13-11-18)31(29,30)25-22(28)24-26-16-6-1-2-7-17-26/h3-5,8-13H,1-2,6-7,14-17H2,(H,23,27)(H2,24,25,28). The van der Waals surface area contributed by atoms with E-state index in [-0.39, 0.29) is 10.8 Å². The lowest BCUT2D eigenvalue weighted by atomic mass is 10.1.